The zero-order chi connectivity index (χ0) is 43.7. The number of methoxy groups -OCH3 is 5. The first-order valence-electron chi connectivity index (χ1n) is 16.8. The summed E-state index contributed by atoms with van der Waals surface area (Å²) in [6.45, 7) is 0.924. The highest BCUT2D eigenvalue weighted by Gasteiger charge is 2.33. The number of anilines is 2. The molecule has 0 aliphatic carbocycles. The topological polar surface area (TPSA) is 259 Å². The van der Waals surface area contributed by atoms with Gasteiger partial charge in [-0.2, -0.15) is 16.8 Å². The monoisotopic (exact) mass is 880 g/mol. The minimum absolute atomic E-state index is 0.0114. The summed E-state index contributed by atoms with van der Waals surface area (Å²) in [5.41, 5.74) is 2.49. The molecule has 59 heavy (non-hydrogen) atoms. The fourth-order valence-corrected chi connectivity index (χ4v) is 8.19. The average Bonchev–Trinajstić information content (AvgIpc) is 3.19. The highest BCUT2D eigenvalue weighted by atomic mass is 35.5. The Hall–Kier alpha value is -6.43. The van der Waals surface area contributed by atoms with Crippen molar-refractivity contribution in [3.05, 3.63) is 87.7 Å². The van der Waals surface area contributed by atoms with Gasteiger partial charge in [0.25, 0.3) is 29.9 Å². The van der Waals surface area contributed by atoms with E-state index in [0.29, 0.717) is 29.3 Å². The van der Waals surface area contributed by atoms with Gasteiger partial charge in [-0.05, 0) is 29.8 Å². The minimum Gasteiger partial charge on any atom is -0.493 e. The number of amidine groups is 1. The molecule has 0 atom stereocenters. The molecule has 0 spiro atoms. The van der Waals surface area contributed by atoms with Gasteiger partial charge in [-0.3, -0.25) is 0 Å². The lowest BCUT2D eigenvalue weighted by Crippen LogP contribution is -2.36. The molecule has 21 nitrogen and oxygen atoms in total. The molecule has 0 saturated carbocycles. The van der Waals surface area contributed by atoms with Crippen LogP contribution in [0, 0.1) is 9.81 Å². The predicted molar refractivity (Wildman–Crippen MR) is 215 cm³/mol. The second kappa shape index (κ2) is 19.3. The van der Waals surface area contributed by atoms with Crippen molar-refractivity contribution in [1.82, 2.24) is 10.2 Å². The second-order valence-electron chi connectivity index (χ2n) is 12.0. The first-order valence-corrected chi connectivity index (χ1v) is 20.0. The molecule has 316 valence electrons. The highest BCUT2D eigenvalue weighted by molar-refractivity contribution is 7.91. The fraction of sp³-hybridized carbons (Fsp3) is 0.257. The van der Waals surface area contributed by atoms with E-state index in [1.54, 1.807) is 42.3 Å². The van der Waals surface area contributed by atoms with E-state index in [4.69, 9.17) is 45.7 Å². The van der Waals surface area contributed by atoms with Crippen molar-refractivity contribution in [3.63, 3.8) is 0 Å². The molecule has 0 saturated heterocycles. The van der Waals surface area contributed by atoms with Crippen molar-refractivity contribution in [2.75, 3.05) is 60.3 Å². The number of hydrogen-bond acceptors (Lipinski definition) is 15. The summed E-state index contributed by atoms with van der Waals surface area (Å²) in [5, 5.41) is 25.9. The van der Waals surface area contributed by atoms with Gasteiger partial charge in [-0.15, -0.1) is 8.80 Å². The summed E-state index contributed by atoms with van der Waals surface area (Å²) in [6, 6.07) is 17.4. The Morgan fingerprint density at radius 2 is 1.25 bits per heavy atom. The van der Waals surface area contributed by atoms with E-state index < -0.39 is 20.0 Å². The highest BCUT2D eigenvalue weighted by Crippen LogP contribution is 2.48. The Bertz CT molecular complexity index is 2520. The average molecular weight is 881 g/mol. The second-order valence-corrected chi connectivity index (χ2v) is 15.5. The van der Waals surface area contributed by atoms with Crippen molar-refractivity contribution >= 4 is 65.7 Å². The van der Waals surface area contributed by atoms with Gasteiger partial charge in [-0.25, -0.2) is 10.4 Å². The zero-order valence-electron chi connectivity index (χ0n) is 32.6. The maximum atomic E-state index is 12.6. The molecule has 0 radical (unpaired) electrons. The SMILES string of the molecule is CNCc1cccc([N+](=O)O)c1.COc1cc2c(c(OC)c1OC)S(=O)(=O)N=C(Cl)N2.COc1cc2c(cc1OC)S(=O)(=O)N=C(N(C)Cc1cccc([N+](=O)O)c1)N2. The van der Waals surface area contributed by atoms with Crippen LogP contribution in [0.1, 0.15) is 11.1 Å². The summed E-state index contributed by atoms with van der Waals surface area (Å²) in [5.74, 6) is 1.25. The number of guanidine groups is 1. The number of fused-ring (bicyclic) bond motifs is 2. The summed E-state index contributed by atoms with van der Waals surface area (Å²) < 4.78 is 82.3. The first kappa shape index (κ1) is 45.3. The third-order valence-corrected chi connectivity index (χ3v) is 11.1. The quantitative estimate of drug-likeness (QED) is 0.101. The Morgan fingerprint density at radius 1 is 0.712 bits per heavy atom. The van der Waals surface area contributed by atoms with Crippen LogP contribution in [0.2, 0.25) is 0 Å². The maximum Gasteiger partial charge on any atom is 0.316 e. The molecular formula is C35H41ClN8O13S2+2. The van der Waals surface area contributed by atoms with Gasteiger partial charge >= 0.3 is 11.4 Å². The number of sulfonamides is 2. The Morgan fingerprint density at radius 3 is 1.80 bits per heavy atom. The van der Waals surface area contributed by atoms with Crippen LogP contribution in [0.4, 0.5) is 22.7 Å². The van der Waals surface area contributed by atoms with E-state index in [2.05, 4.69) is 24.7 Å². The lowest BCUT2D eigenvalue weighted by Gasteiger charge is -2.26. The zero-order valence-corrected chi connectivity index (χ0v) is 35.0. The van der Waals surface area contributed by atoms with Gasteiger partial charge in [0.15, 0.2) is 27.9 Å². The van der Waals surface area contributed by atoms with Crippen molar-refractivity contribution in [3.8, 4) is 28.7 Å². The van der Waals surface area contributed by atoms with Gasteiger partial charge in [0.05, 0.1) is 56.7 Å². The molecule has 4 aromatic rings. The maximum absolute atomic E-state index is 12.6. The van der Waals surface area contributed by atoms with Crippen LogP contribution >= 0.6 is 11.6 Å². The summed E-state index contributed by atoms with van der Waals surface area (Å²) in [6.07, 6.45) is 0. The number of hydrogen-bond donors (Lipinski definition) is 5. The van der Waals surface area contributed by atoms with Gasteiger partial charge in [-0.1, -0.05) is 24.3 Å². The molecule has 0 bridgehead atoms. The molecule has 5 N–H and O–H groups in total. The molecule has 0 aromatic heterocycles. The Balaban J connectivity index is 0.000000214. The molecular weight excluding hydrogens is 840 g/mol. The number of nitrogens with zero attached hydrogens (tertiary/aromatic N) is 5. The lowest BCUT2D eigenvalue weighted by molar-refractivity contribution is -0.729. The molecule has 2 aliphatic heterocycles. The molecule has 2 aliphatic rings. The number of nitrogens with one attached hydrogen (secondary N) is 3. The molecule has 6 rings (SSSR count). The molecule has 24 heteroatoms. The largest absolute Gasteiger partial charge is 0.493 e. The van der Waals surface area contributed by atoms with Crippen LogP contribution in [0.25, 0.3) is 0 Å². The normalized spacial score (nSPS) is 13.9. The third-order valence-electron chi connectivity index (χ3n) is 8.12. The molecule has 0 amide bonds. The minimum atomic E-state index is -3.96. The van der Waals surface area contributed by atoms with E-state index in [9.17, 15) is 26.6 Å². The van der Waals surface area contributed by atoms with Crippen LogP contribution in [-0.4, -0.2) is 103 Å². The lowest BCUT2D eigenvalue weighted by atomic mass is 10.2. The van der Waals surface area contributed by atoms with Crippen LogP contribution < -0.4 is 39.6 Å². The standard InChI is InChI=1S/C17H19N4O6S.C10H11ClN2O5S.C8H11N2O2/c1-20(10-11-5-4-6-12(7-11)21(22)23)17-18-13-8-14(26-2)15(27-3)9-16(13)28(24,25)19-17;1-16-6-4-5-9(8(18-3)7(6)17-2)19(14,15)13-10(11)12-5;1-9-6-7-3-2-4-8(5-7)10(11)12/h4-9H,10H2,1-3H3,(H,18,19)(H,22,23);4H,1-3H3,(H,12,13);2-5,9H,6H2,1H3,(H,11,12)/q+1;;+1. The van der Waals surface area contributed by atoms with Gasteiger partial charge in [0.2, 0.25) is 17.0 Å². The molecule has 0 fully saturated rings. The summed E-state index contributed by atoms with van der Waals surface area (Å²) in [4.78, 5) is 22.5. The Kier molecular flexibility index (Phi) is 14.8. The van der Waals surface area contributed by atoms with E-state index in [-0.39, 0.29) is 71.7 Å². The van der Waals surface area contributed by atoms with Crippen LogP contribution in [0.15, 0.2) is 85.3 Å². The number of ether oxygens (including phenoxy) is 5. The van der Waals surface area contributed by atoms with E-state index >= 15 is 0 Å². The van der Waals surface area contributed by atoms with Crippen LogP contribution in [0.5, 0.6) is 28.7 Å². The summed E-state index contributed by atoms with van der Waals surface area (Å²) in [7, 11) is 2.56. The fourth-order valence-electron chi connectivity index (χ4n) is 5.52. The van der Waals surface area contributed by atoms with Crippen molar-refractivity contribution < 1.29 is 60.8 Å². The number of rotatable bonds is 11. The third kappa shape index (κ3) is 10.8. The van der Waals surface area contributed by atoms with Crippen molar-refractivity contribution in [2.45, 2.75) is 22.9 Å². The predicted octanol–water partition coefficient (Wildman–Crippen LogP) is 4.73. The van der Waals surface area contributed by atoms with E-state index in [1.807, 2.05) is 13.1 Å². The number of benzene rings is 4. The van der Waals surface area contributed by atoms with Crippen molar-refractivity contribution in [1.29, 1.82) is 0 Å². The summed E-state index contributed by atoms with van der Waals surface area (Å²) >= 11 is 5.64. The van der Waals surface area contributed by atoms with Gasteiger partial charge in [0.1, 0.15) is 4.90 Å². The van der Waals surface area contributed by atoms with Crippen molar-refractivity contribution in [2.24, 2.45) is 8.80 Å². The molecule has 2 heterocycles. The smallest absolute Gasteiger partial charge is 0.316 e. The van der Waals surface area contributed by atoms with Crippen LogP contribution in [0.3, 0.4) is 0 Å². The number of halogens is 1. The molecule has 4 aromatic carbocycles. The first-order chi connectivity index (χ1) is 27.9. The Labute approximate surface area is 344 Å². The van der Waals surface area contributed by atoms with E-state index in [1.165, 1.54) is 65.9 Å². The van der Waals surface area contributed by atoms with E-state index in [0.717, 1.165) is 5.56 Å². The van der Waals surface area contributed by atoms with Crippen LogP contribution in [-0.2, 0) is 33.1 Å². The van der Waals surface area contributed by atoms with Gasteiger partial charge in [0, 0.05) is 62.6 Å². The van der Waals surface area contributed by atoms with Gasteiger partial charge < -0.3 is 44.5 Å². The molecule has 0 unspecified atom stereocenters.